The molecule has 1 heterocycles. The van der Waals surface area contributed by atoms with Crippen molar-refractivity contribution >= 4 is 10.0 Å². The fraction of sp³-hybridized carbons (Fsp3) is 0.429. The largest absolute Gasteiger partial charge is 0.291 e. The van der Waals surface area contributed by atoms with Crippen LogP contribution in [-0.4, -0.2) is 39.0 Å². The van der Waals surface area contributed by atoms with Gasteiger partial charge in [0.1, 0.15) is 5.82 Å². The molecule has 0 bridgehead atoms. The summed E-state index contributed by atoms with van der Waals surface area (Å²) in [5.41, 5.74) is 0. The molecular weight excluding hydrogens is 279 g/mol. The maximum Gasteiger partial charge on any atom is 0.240 e. The Labute approximate surface area is 119 Å². The molecule has 0 aromatic heterocycles. The molecule has 108 valence electrons. The molecule has 1 aromatic rings. The molecule has 0 spiro atoms. The minimum atomic E-state index is -3.69. The number of rotatable bonds is 4. The molecule has 1 N–H and O–H groups in total. The number of benzene rings is 1. The van der Waals surface area contributed by atoms with Crippen LogP contribution in [0, 0.1) is 18.2 Å². The van der Waals surface area contributed by atoms with Crippen molar-refractivity contribution in [1.82, 2.24) is 9.62 Å². The first-order chi connectivity index (χ1) is 9.51. The van der Waals surface area contributed by atoms with Crippen molar-refractivity contribution in [2.45, 2.75) is 23.8 Å². The Bertz CT molecular complexity index is 610. The summed E-state index contributed by atoms with van der Waals surface area (Å²) in [4.78, 5) is 1.98. The summed E-state index contributed by atoms with van der Waals surface area (Å²) in [6, 6.07) is 4.81. The molecule has 0 saturated carbocycles. The van der Waals surface area contributed by atoms with E-state index in [0.29, 0.717) is 13.1 Å². The molecule has 1 aromatic carbocycles. The quantitative estimate of drug-likeness (QED) is 0.850. The van der Waals surface area contributed by atoms with Crippen molar-refractivity contribution in [2.24, 2.45) is 0 Å². The zero-order valence-corrected chi connectivity index (χ0v) is 11.9. The summed E-state index contributed by atoms with van der Waals surface area (Å²) in [5, 5.41) is 0. The van der Waals surface area contributed by atoms with Crippen LogP contribution < -0.4 is 4.72 Å². The van der Waals surface area contributed by atoms with Gasteiger partial charge in [-0.2, -0.15) is 0 Å². The number of halogens is 1. The number of piperidine rings is 1. The molecule has 1 aliphatic heterocycles. The van der Waals surface area contributed by atoms with E-state index in [9.17, 15) is 12.8 Å². The number of sulfonamides is 1. The van der Waals surface area contributed by atoms with Crippen LogP contribution in [0.2, 0.25) is 0 Å². The summed E-state index contributed by atoms with van der Waals surface area (Å²) >= 11 is 0. The van der Waals surface area contributed by atoms with E-state index in [0.717, 1.165) is 25.5 Å². The molecule has 0 amide bonds. The Hall–Kier alpha value is -1.42. The SMILES string of the molecule is C#CCN1CCCC(NS(=O)(=O)c2cccc(F)c2)C1. The van der Waals surface area contributed by atoms with Gasteiger partial charge in [-0.15, -0.1) is 6.42 Å². The third kappa shape index (κ3) is 3.79. The highest BCUT2D eigenvalue weighted by molar-refractivity contribution is 7.89. The normalized spacial score (nSPS) is 20.5. The lowest BCUT2D eigenvalue weighted by atomic mass is 10.1. The molecule has 1 aliphatic rings. The molecule has 2 rings (SSSR count). The molecule has 1 fully saturated rings. The third-order valence-electron chi connectivity index (χ3n) is 3.25. The van der Waals surface area contributed by atoms with Gasteiger partial charge < -0.3 is 0 Å². The summed E-state index contributed by atoms with van der Waals surface area (Å²) < 4.78 is 40.1. The maximum atomic E-state index is 13.1. The average molecular weight is 296 g/mol. The van der Waals surface area contributed by atoms with Crippen LogP contribution in [0.3, 0.4) is 0 Å². The highest BCUT2D eigenvalue weighted by Crippen LogP contribution is 2.15. The summed E-state index contributed by atoms with van der Waals surface area (Å²) in [5.74, 6) is 1.99. The van der Waals surface area contributed by atoms with Crippen LogP contribution in [-0.2, 0) is 10.0 Å². The van der Waals surface area contributed by atoms with Gasteiger partial charge in [-0.25, -0.2) is 17.5 Å². The monoisotopic (exact) mass is 296 g/mol. The molecule has 1 saturated heterocycles. The second kappa shape index (κ2) is 6.35. The van der Waals surface area contributed by atoms with E-state index in [-0.39, 0.29) is 10.9 Å². The average Bonchev–Trinajstić information content (AvgIpc) is 2.39. The van der Waals surface area contributed by atoms with E-state index >= 15 is 0 Å². The number of hydrogen-bond donors (Lipinski definition) is 1. The van der Waals surface area contributed by atoms with Crippen molar-refractivity contribution in [3.05, 3.63) is 30.1 Å². The molecule has 1 atom stereocenters. The van der Waals surface area contributed by atoms with E-state index in [1.165, 1.54) is 18.2 Å². The molecule has 0 radical (unpaired) electrons. The molecule has 1 unspecified atom stereocenters. The summed E-state index contributed by atoms with van der Waals surface area (Å²) in [6.45, 7) is 1.97. The van der Waals surface area contributed by atoms with Gasteiger partial charge in [0.15, 0.2) is 0 Å². The minimum absolute atomic E-state index is 0.0495. The molecule has 4 nitrogen and oxygen atoms in total. The molecule has 20 heavy (non-hydrogen) atoms. The number of likely N-dealkylation sites (tertiary alicyclic amines) is 1. The lowest BCUT2D eigenvalue weighted by Gasteiger charge is -2.31. The topological polar surface area (TPSA) is 49.4 Å². The van der Waals surface area contributed by atoms with Gasteiger partial charge in [-0.1, -0.05) is 12.0 Å². The molecule has 6 heteroatoms. The van der Waals surface area contributed by atoms with E-state index in [1.54, 1.807) is 0 Å². The van der Waals surface area contributed by atoms with Crippen molar-refractivity contribution < 1.29 is 12.8 Å². The van der Waals surface area contributed by atoms with Crippen LogP contribution in [0.4, 0.5) is 4.39 Å². The second-order valence-electron chi connectivity index (χ2n) is 4.86. The first-order valence-electron chi connectivity index (χ1n) is 6.45. The van der Waals surface area contributed by atoms with Crippen LogP contribution in [0.25, 0.3) is 0 Å². The summed E-state index contributed by atoms with van der Waals surface area (Å²) in [7, 11) is -3.69. The highest BCUT2D eigenvalue weighted by Gasteiger charge is 2.25. The van der Waals surface area contributed by atoms with Crippen molar-refractivity contribution in [3.8, 4) is 12.3 Å². The zero-order chi connectivity index (χ0) is 14.6. The fourth-order valence-corrected chi connectivity index (χ4v) is 3.64. The molecule has 0 aliphatic carbocycles. The summed E-state index contributed by atoms with van der Waals surface area (Å²) in [6.07, 6.45) is 6.91. The predicted octanol–water partition coefficient (Wildman–Crippen LogP) is 1.20. The number of nitrogens with zero attached hydrogens (tertiary/aromatic N) is 1. The van der Waals surface area contributed by atoms with Gasteiger partial charge in [0, 0.05) is 12.6 Å². The van der Waals surface area contributed by atoms with Gasteiger partial charge in [-0.3, -0.25) is 4.90 Å². The van der Waals surface area contributed by atoms with Gasteiger partial charge in [0.05, 0.1) is 11.4 Å². The van der Waals surface area contributed by atoms with Crippen molar-refractivity contribution in [1.29, 1.82) is 0 Å². The lowest BCUT2D eigenvalue weighted by molar-refractivity contribution is 0.224. The van der Waals surface area contributed by atoms with Crippen molar-refractivity contribution in [2.75, 3.05) is 19.6 Å². The fourth-order valence-electron chi connectivity index (χ4n) is 2.35. The van der Waals surface area contributed by atoms with E-state index < -0.39 is 15.8 Å². The predicted molar refractivity (Wildman–Crippen MR) is 75.0 cm³/mol. The van der Waals surface area contributed by atoms with Gasteiger partial charge in [-0.05, 0) is 37.6 Å². The number of nitrogens with one attached hydrogen (secondary N) is 1. The van der Waals surface area contributed by atoms with Gasteiger partial charge in [0.2, 0.25) is 10.0 Å². The Kier molecular flexibility index (Phi) is 4.76. The van der Waals surface area contributed by atoms with E-state index in [4.69, 9.17) is 6.42 Å². The second-order valence-corrected chi connectivity index (χ2v) is 6.57. The minimum Gasteiger partial charge on any atom is -0.291 e. The Morgan fingerprint density at radius 1 is 1.50 bits per heavy atom. The van der Waals surface area contributed by atoms with Crippen LogP contribution in [0.1, 0.15) is 12.8 Å². The lowest BCUT2D eigenvalue weighted by Crippen LogP contribution is -2.47. The maximum absolute atomic E-state index is 13.1. The Balaban J connectivity index is 2.07. The Morgan fingerprint density at radius 3 is 3.00 bits per heavy atom. The smallest absolute Gasteiger partial charge is 0.240 e. The highest BCUT2D eigenvalue weighted by atomic mass is 32.2. The Morgan fingerprint density at radius 2 is 2.30 bits per heavy atom. The zero-order valence-electron chi connectivity index (χ0n) is 11.0. The standard InChI is InChI=1S/C14H17FN2O2S/c1-2-8-17-9-4-6-13(11-17)16-20(18,19)14-7-3-5-12(15)10-14/h1,3,5,7,10,13,16H,4,6,8-9,11H2. The van der Waals surface area contributed by atoms with E-state index in [2.05, 4.69) is 10.6 Å². The van der Waals surface area contributed by atoms with Gasteiger partial charge in [0.25, 0.3) is 0 Å². The first kappa shape index (κ1) is 15.0. The van der Waals surface area contributed by atoms with Gasteiger partial charge >= 0.3 is 0 Å². The number of hydrogen-bond acceptors (Lipinski definition) is 3. The first-order valence-corrected chi connectivity index (χ1v) is 7.93. The van der Waals surface area contributed by atoms with Crippen LogP contribution in [0.5, 0.6) is 0 Å². The number of terminal acetylenes is 1. The van der Waals surface area contributed by atoms with Crippen LogP contribution >= 0.6 is 0 Å². The van der Waals surface area contributed by atoms with Crippen molar-refractivity contribution in [3.63, 3.8) is 0 Å². The van der Waals surface area contributed by atoms with Crippen LogP contribution in [0.15, 0.2) is 29.2 Å². The third-order valence-corrected chi connectivity index (χ3v) is 4.77. The van der Waals surface area contributed by atoms with E-state index in [1.807, 2.05) is 4.90 Å². The molecular formula is C14H17FN2O2S.